The molecular formula is C12H22O3. The van der Waals surface area contributed by atoms with Gasteiger partial charge in [0, 0.05) is 17.9 Å². The quantitative estimate of drug-likeness (QED) is 0.610. The van der Waals surface area contributed by atoms with Gasteiger partial charge in [-0.1, -0.05) is 27.7 Å². The van der Waals surface area contributed by atoms with Crippen LogP contribution in [0.5, 0.6) is 0 Å². The third-order valence-corrected chi connectivity index (χ3v) is 2.40. The van der Waals surface area contributed by atoms with Crippen LogP contribution in [0, 0.1) is 11.3 Å². The molecule has 0 bridgehead atoms. The van der Waals surface area contributed by atoms with Crippen molar-refractivity contribution < 1.29 is 14.3 Å². The molecule has 88 valence electrons. The second-order valence-corrected chi connectivity index (χ2v) is 4.74. The Labute approximate surface area is 92.2 Å². The Balaban J connectivity index is 4.24. The molecule has 0 unspecified atom stereocenters. The maximum atomic E-state index is 11.8. The van der Waals surface area contributed by atoms with Gasteiger partial charge in [0.05, 0.1) is 13.0 Å². The van der Waals surface area contributed by atoms with Gasteiger partial charge in [-0.05, 0) is 6.92 Å². The molecule has 0 atom stereocenters. The van der Waals surface area contributed by atoms with Crippen LogP contribution in [0.15, 0.2) is 0 Å². The molecule has 0 saturated carbocycles. The molecule has 0 amide bonds. The molecule has 15 heavy (non-hydrogen) atoms. The first kappa shape index (κ1) is 14.3. The van der Waals surface area contributed by atoms with Gasteiger partial charge in [-0.2, -0.15) is 0 Å². The standard InChI is InChI=1S/C12H22O3/c1-6-15-8-12(4,5)11(14)7-10(13)9(2)3/h9H,6-8H2,1-5H3. The molecule has 0 aromatic rings. The molecule has 0 heterocycles. The lowest BCUT2D eigenvalue weighted by atomic mass is 9.85. The Bertz CT molecular complexity index is 229. The molecular weight excluding hydrogens is 192 g/mol. The Morgan fingerprint density at radius 1 is 1.27 bits per heavy atom. The van der Waals surface area contributed by atoms with Gasteiger partial charge in [-0.25, -0.2) is 0 Å². The maximum absolute atomic E-state index is 11.8. The molecule has 3 heteroatoms. The van der Waals surface area contributed by atoms with Crippen molar-refractivity contribution in [3.63, 3.8) is 0 Å². The van der Waals surface area contributed by atoms with Gasteiger partial charge in [0.1, 0.15) is 11.6 Å². The van der Waals surface area contributed by atoms with Gasteiger partial charge in [-0.3, -0.25) is 9.59 Å². The minimum atomic E-state index is -0.555. The largest absolute Gasteiger partial charge is 0.381 e. The predicted molar refractivity (Wildman–Crippen MR) is 59.7 cm³/mol. The fourth-order valence-corrected chi connectivity index (χ4v) is 1.04. The minimum Gasteiger partial charge on any atom is -0.381 e. The highest BCUT2D eigenvalue weighted by Gasteiger charge is 2.29. The number of Topliss-reactive ketones (excluding diaryl/α,β-unsaturated/α-hetero) is 2. The van der Waals surface area contributed by atoms with Crippen molar-refractivity contribution in [1.82, 2.24) is 0 Å². The number of ether oxygens (including phenoxy) is 1. The van der Waals surface area contributed by atoms with Gasteiger partial charge in [0.15, 0.2) is 0 Å². The van der Waals surface area contributed by atoms with Gasteiger partial charge in [0.25, 0.3) is 0 Å². The second-order valence-electron chi connectivity index (χ2n) is 4.74. The summed E-state index contributed by atoms with van der Waals surface area (Å²) in [5.41, 5.74) is -0.555. The fraction of sp³-hybridized carbons (Fsp3) is 0.833. The zero-order valence-corrected chi connectivity index (χ0v) is 10.4. The average molecular weight is 214 g/mol. The van der Waals surface area contributed by atoms with Crippen molar-refractivity contribution in [2.24, 2.45) is 11.3 Å². The van der Waals surface area contributed by atoms with Crippen molar-refractivity contribution in [2.75, 3.05) is 13.2 Å². The molecule has 0 spiro atoms. The average Bonchev–Trinajstić information content (AvgIpc) is 2.14. The number of carbonyl (C=O) groups is 2. The van der Waals surface area contributed by atoms with Crippen LogP contribution in [0.3, 0.4) is 0 Å². The summed E-state index contributed by atoms with van der Waals surface area (Å²) < 4.78 is 5.23. The molecule has 0 aliphatic carbocycles. The van der Waals surface area contributed by atoms with Gasteiger partial charge in [-0.15, -0.1) is 0 Å². The fourth-order valence-electron chi connectivity index (χ4n) is 1.04. The first-order chi connectivity index (χ1) is 6.81. The van der Waals surface area contributed by atoms with Crippen molar-refractivity contribution in [2.45, 2.75) is 41.0 Å². The topological polar surface area (TPSA) is 43.4 Å². The molecule has 0 radical (unpaired) electrons. The number of carbonyl (C=O) groups excluding carboxylic acids is 2. The molecule has 0 aliphatic heterocycles. The van der Waals surface area contributed by atoms with Gasteiger partial charge in [0.2, 0.25) is 0 Å². The number of hydrogen-bond acceptors (Lipinski definition) is 3. The van der Waals surface area contributed by atoms with E-state index in [2.05, 4.69) is 0 Å². The number of rotatable bonds is 7. The van der Waals surface area contributed by atoms with Crippen LogP contribution in [0.1, 0.15) is 41.0 Å². The Kier molecular flexibility index (Phi) is 5.73. The highest BCUT2D eigenvalue weighted by Crippen LogP contribution is 2.20. The van der Waals surface area contributed by atoms with Crippen LogP contribution in [-0.2, 0) is 14.3 Å². The Hall–Kier alpha value is -0.700. The zero-order valence-electron chi connectivity index (χ0n) is 10.4. The summed E-state index contributed by atoms with van der Waals surface area (Å²) >= 11 is 0. The van der Waals surface area contributed by atoms with Crippen molar-refractivity contribution in [3.05, 3.63) is 0 Å². The normalized spacial score (nSPS) is 11.9. The zero-order chi connectivity index (χ0) is 12.1. The van der Waals surface area contributed by atoms with Crippen molar-refractivity contribution >= 4 is 11.6 Å². The molecule has 0 N–H and O–H groups in total. The summed E-state index contributed by atoms with van der Waals surface area (Å²) in [6.45, 7) is 10.1. The molecule has 0 aromatic carbocycles. The van der Waals surface area contributed by atoms with Crippen LogP contribution in [0.4, 0.5) is 0 Å². The van der Waals surface area contributed by atoms with E-state index in [4.69, 9.17) is 4.74 Å². The van der Waals surface area contributed by atoms with Crippen molar-refractivity contribution in [1.29, 1.82) is 0 Å². The maximum Gasteiger partial charge on any atom is 0.148 e. The lowest BCUT2D eigenvalue weighted by Gasteiger charge is -2.22. The summed E-state index contributed by atoms with van der Waals surface area (Å²) in [6, 6.07) is 0. The highest BCUT2D eigenvalue weighted by molar-refractivity contribution is 6.02. The van der Waals surface area contributed by atoms with E-state index >= 15 is 0 Å². The van der Waals surface area contributed by atoms with Crippen LogP contribution >= 0.6 is 0 Å². The van der Waals surface area contributed by atoms with E-state index in [1.165, 1.54) is 0 Å². The Morgan fingerprint density at radius 2 is 1.80 bits per heavy atom. The summed E-state index contributed by atoms with van der Waals surface area (Å²) in [5, 5.41) is 0. The first-order valence-corrected chi connectivity index (χ1v) is 5.45. The lowest BCUT2D eigenvalue weighted by molar-refractivity contribution is -0.135. The molecule has 0 saturated heterocycles. The van der Waals surface area contributed by atoms with E-state index in [1.807, 2.05) is 34.6 Å². The van der Waals surface area contributed by atoms with E-state index in [0.717, 1.165) is 0 Å². The molecule has 0 rings (SSSR count). The summed E-state index contributed by atoms with van der Waals surface area (Å²) in [6.07, 6.45) is 0.0255. The SMILES string of the molecule is CCOCC(C)(C)C(=O)CC(=O)C(C)C. The van der Waals surface area contributed by atoms with Crippen LogP contribution in [0.2, 0.25) is 0 Å². The third kappa shape index (κ3) is 5.07. The highest BCUT2D eigenvalue weighted by atomic mass is 16.5. The number of ketones is 2. The smallest absolute Gasteiger partial charge is 0.148 e. The van der Waals surface area contributed by atoms with E-state index in [0.29, 0.717) is 13.2 Å². The van der Waals surface area contributed by atoms with Crippen LogP contribution < -0.4 is 0 Å². The van der Waals surface area contributed by atoms with Crippen LogP contribution in [0.25, 0.3) is 0 Å². The molecule has 3 nitrogen and oxygen atoms in total. The van der Waals surface area contributed by atoms with Crippen molar-refractivity contribution in [3.8, 4) is 0 Å². The third-order valence-electron chi connectivity index (χ3n) is 2.40. The number of hydrogen-bond donors (Lipinski definition) is 0. The first-order valence-electron chi connectivity index (χ1n) is 5.45. The molecule has 0 fully saturated rings. The van der Waals surface area contributed by atoms with E-state index in [9.17, 15) is 9.59 Å². The predicted octanol–water partition coefficient (Wildman–Crippen LogP) is 2.23. The second kappa shape index (κ2) is 6.01. The molecule has 0 aliphatic rings. The van der Waals surface area contributed by atoms with Gasteiger partial charge >= 0.3 is 0 Å². The molecule has 0 aromatic heterocycles. The minimum absolute atomic E-state index is 0.00423. The Morgan fingerprint density at radius 3 is 2.20 bits per heavy atom. The monoisotopic (exact) mass is 214 g/mol. The van der Waals surface area contributed by atoms with E-state index < -0.39 is 5.41 Å². The lowest BCUT2D eigenvalue weighted by Crippen LogP contribution is -2.32. The van der Waals surface area contributed by atoms with Crippen LogP contribution in [-0.4, -0.2) is 24.8 Å². The summed E-state index contributed by atoms with van der Waals surface area (Å²) in [5.74, 6) is -0.101. The summed E-state index contributed by atoms with van der Waals surface area (Å²) in [4.78, 5) is 23.2. The van der Waals surface area contributed by atoms with Gasteiger partial charge < -0.3 is 4.74 Å². The van der Waals surface area contributed by atoms with E-state index in [-0.39, 0.29) is 23.9 Å². The summed E-state index contributed by atoms with van der Waals surface area (Å²) in [7, 11) is 0. The van der Waals surface area contributed by atoms with E-state index in [1.54, 1.807) is 0 Å².